The fraction of sp³-hybridized carbons (Fsp3) is 0.235. The average molecular weight is 300 g/mol. The molecule has 0 aliphatic carbocycles. The normalized spacial score (nSPS) is 10.1. The Bertz CT molecular complexity index is 639. The molecule has 0 aliphatic heterocycles. The minimum Gasteiger partial charge on any atom is -0.497 e. The number of hydrogen-bond acceptors (Lipinski definition) is 4. The number of anilines is 1. The Morgan fingerprint density at radius 2 is 1.91 bits per heavy atom. The van der Waals surface area contributed by atoms with Crippen LogP contribution in [0, 0.1) is 0 Å². The van der Waals surface area contributed by atoms with Gasteiger partial charge in [0.2, 0.25) is 0 Å². The van der Waals surface area contributed by atoms with E-state index >= 15 is 0 Å². The first kappa shape index (κ1) is 15.7. The van der Waals surface area contributed by atoms with Gasteiger partial charge in [-0.05, 0) is 42.8 Å². The van der Waals surface area contributed by atoms with Gasteiger partial charge in [-0.1, -0.05) is 12.1 Å². The van der Waals surface area contributed by atoms with Gasteiger partial charge in [0.15, 0.2) is 0 Å². The molecule has 0 saturated heterocycles. The van der Waals surface area contributed by atoms with Gasteiger partial charge in [-0.3, -0.25) is 4.79 Å². The molecule has 1 amide bonds. The zero-order valence-electron chi connectivity index (χ0n) is 12.8. The molecule has 2 aromatic rings. The summed E-state index contributed by atoms with van der Waals surface area (Å²) in [7, 11) is 1.62. The van der Waals surface area contributed by atoms with Crippen LogP contribution in [0.2, 0.25) is 0 Å². The summed E-state index contributed by atoms with van der Waals surface area (Å²) in [5.41, 5.74) is 7.70. The second-order valence-electron chi connectivity index (χ2n) is 4.72. The smallest absolute Gasteiger partial charge is 0.255 e. The molecule has 0 atom stereocenters. The SMILES string of the molecule is CCOc1ccc(N)cc1C(=O)NCc1ccc(OC)cc1. The van der Waals surface area contributed by atoms with Crippen LogP contribution >= 0.6 is 0 Å². The molecule has 0 saturated carbocycles. The molecule has 0 heterocycles. The van der Waals surface area contributed by atoms with E-state index in [1.165, 1.54) is 0 Å². The number of carbonyl (C=O) groups excluding carboxylic acids is 1. The third-order valence-electron chi connectivity index (χ3n) is 3.16. The number of nitrogens with one attached hydrogen (secondary N) is 1. The van der Waals surface area contributed by atoms with Gasteiger partial charge in [0.05, 0.1) is 19.3 Å². The molecular weight excluding hydrogens is 280 g/mol. The first-order chi connectivity index (χ1) is 10.6. The number of benzene rings is 2. The number of amides is 1. The minimum absolute atomic E-state index is 0.216. The van der Waals surface area contributed by atoms with E-state index < -0.39 is 0 Å². The van der Waals surface area contributed by atoms with Gasteiger partial charge in [-0.15, -0.1) is 0 Å². The summed E-state index contributed by atoms with van der Waals surface area (Å²) in [4.78, 5) is 12.3. The number of nitrogens with two attached hydrogens (primary N) is 1. The zero-order chi connectivity index (χ0) is 15.9. The summed E-state index contributed by atoms with van der Waals surface area (Å²) in [6.45, 7) is 2.78. The first-order valence-electron chi connectivity index (χ1n) is 7.07. The van der Waals surface area contributed by atoms with Gasteiger partial charge in [-0.2, -0.15) is 0 Å². The van der Waals surface area contributed by atoms with E-state index in [0.717, 1.165) is 11.3 Å². The second-order valence-corrected chi connectivity index (χ2v) is 4.72. The van der Waals surface area contributed by atoms with Crippen LogP contribution in [0.4, 0.5) is 5.69 Å². The topological polar surface area (TPSA) is 73.6 Å². The highest BCUT2D eigenvalue weighted by atomic mass is 16.5. The molecule has 22 heavy (non-hydrogen) atoms. The summed E-state index contributed by atoms with van der Waals surface area (Å²) in [6, 6.07) is 12.6. The minimum atomic E-state index is -0.216. The van der Waals surface area contributed by atoms with E-state index in [1.807, 2.05) is 31.2 Å². The third-order valence-corrected chi connectivity index (χ3v) is 3.16. The number of rotatable bonds is 6. The quantitative estimate of drug-likeness (QED) is 0.804. The van der Waals surface area contributed by atoms with E-state index in [9.17, 15) is 4.79 Å². The molecule has 3 N–H and O–H groups in total. The van der Waals surface area contributed by atoms with Crippen LogP contribution in [0.15, 0.2) is 42.5 Å². The first-order valence-corrected chi connectivity index (χ1v) is 7.07. The van der Waals surface area contributed by atoms with E-state index in [-0.39, 0.29) is 5.91 Å². The van der Waals surface area contributed by atoms with Gasteiger partial charge in [0.25, 0.3) is 5.91 Å². The van der Waals surface area contributed by atoms with Crippen molar-refractivity contribution in [3.05, 3.63) is 53.6 Å². The summed E-state index contributed by atoms with van der Waals surface area (Å²) < 4.78 is 10.6. The highest BCUT2D eigenvalue weighted by molar-refractivity contribution is 5.97. The van der Waals surface area contributed by atoms with Crippen LogP contribution in [0.1, 0.15) is 22.8 Å². The lowest BCUT2D eigenvalue weighted by molar-refractivity contribution is 0.0947. The zero-order valence-corrected chi connectivity index (χ0v) is 12.8. The molecule has 0 spiro atoms. The van der Waals surface area contributed by atoms with Crippen molar-refractivity contribution in [3.8, 4) is 11.5 Å². The molecule has 0 unspecified atom stereocenters. The van der Waals surface area contributed by atoms with Crippen molar-refractivity contribution in [2.24, 2.45) is 0 Å². The number of carbonyl (C=O) groups is 1. The van der Waals surface area contributed by atoms with E-state index in [1.54, 1.807) is 25.3 Å². The van der Waals surface area contributed by atoms with Crippen molar-refractivity contribution in [1.82, 2.24) is 5.32 Å². The van der Waals surface area contributed by atoms with Crippen LogP contribution in [-0.4, -0.2) is 19.6 Å². The molecule has 116 valence electrons. The van der Waals surface area contributed by atoms with E-state index in [0.29, 0.717) is 30.2 Å². The maximum Gasteiger partial charge on any atom is 0.255 e. The van der Waals surface area contributed by atoms with Crippen LogP contribution < -0.4 is 20.5 Å². The largest absolute Gasteiger partial charge is 0.497 e. The second kappa shape index (κ2) is 7.36. The molecule has 5 nitrogen and oxygen atoms in total. The highest BCUT2D eigenvalue weighted by Crippen LogP contribution is 2.21. The van der Waals surface area contributed by atoms with Crippen LogP contribution in [0.25, 0.3) is 0 Å². The molecule has 0 fully saturated rings. The monoisotopic (exact) mass is 300 g/mol. The molecule has 0 aliphatic rings. The van der Waals surface area contributed by atoms with Gasteiger partial charge < -0.3 is 20.5 Å². The molecule has 2 aromatic carbocycles. The van der Waals surface area contributed by atoms with Gasteiger partial charge in [-0.25, -0.2) is 0 Å². The average Bonchev–Trinajstić information content (AvgIpc) is 2.55. The Balaban J connectivity index is 2.06. The summed E-state index contributed by atoms with van der Waals surface area (Å²) in [5.74, 6) is 1.10. The van der Waals surface area contributed by atoms with Crippen molar-refractivity contribution in [1.29, 1.82) is 0 Å². The Kier molecular flexibility index (Phi) is 5.25. The number of hydrogen-bond donors (Lipinski definition) is 2. The van der Waals surface area contributed by atoms with Gasteiger partial charge >= 0.3 is 0 Å². The lowest BCUT2D eigenvalue weighted by atomic mass is 10.1. The Labute approximate surface area is 130 Å². The number of ether oxygens (including phenoxy) is 2. The van der Waals surface area contributed by atoms with Crippen LogP contribution in [0.5, 0.6) is 11.5 Å². The molecule has 0 radical (unpaired) electrons. The summed E-state index contributed by atoms with van der Waals surface area (Å²) in [6.07, 6.45) is 0. The molecular formula is C17H20N2O3. The van der Waals surface area contributed by atoms with Crippen molar-refractivity contribution in [2.75, 3.05) is 19.5 Å². The highest BCUT2D eigenvalue weighted by Gasteiger charge is 2.12. The fourth-order valence-corrected chi connectivity index (χ4v) is 2.03. The fourth-order valence-electron chi connectivity index (χ4n) is 2.03. The summed E-state index contributed by atoms with van der Waals surface area (Å²) >= 11 is 0. The Morgan fingerprint density at radius 3 is 2.55 bits per heavy atom. The molecule has 0 aromatic heterocycles. The Hall–Kier alpha value is -2.69. The van der Waals surface area contributed by atoms with Crippen molar-refractivity contribution in [3.63, 3.8) is 0 Å². The van der Waals surface area contributed by atoms with Gasteiger partial charge in [0, 0.05) is 12.2 Å². The number of nitrogen functional groups attached to an aromatic ring is 1. The predicted molar refractivity (Wildman–Crippen MR) is 86.2 cm³/mol. The predicted octanol–water partition coefficient (Wildman–Crippen LogP) is 2.61. The molecule has 5 heteroatoms. The van der Waals surface area contributed by atoms with Crippen LogP contribution in [-0.2, 0) is 6.54 Å². The van der Waals surface area contributed by atoms with Crippen molar-refractivity contribution < 1.29 is 14.3 Å². The van der Waals surface area contributed by atoms with Gasteiger partial charge in [0.1, 0.15) is 11.5 Å². The maximum atomic E-state index is 12.3. The van der Waals surface area contributed by atoms with Crippen LogP contribution in [0.3, 0.4) is 0 Å². The molecule has 0 bridgehead atoms. The van der Waals surface area contributed by atoms with Crippen molar-refractivity contribution >= 4 is 11.6 Å². The Morgan fingerprint density at radius 1 is 1.18 bits per heavy atom. The third kappa shape index (κ3) is 3.91. The van der Waals surface area contributed by atoms with Crippen molar-refractivity contribution in [2.45, 2.75) is 13.5 Å². The standard InChI is InChI=1S/C17H20N2O3/c1-3-22-16-9-6-13(18)10-15(16)17(20)19-11-12-4-7-14(21-2)8-5-12/h4-10H,3,11,18H2,1-2H3,(H,19,20). The number of methoxy groups -OCH3 is 1. The van der Waals surface area contributed by atoms with E-state index in [4.69, 9.17) is 15.2 Å². The lowest BCUT2D eigenvalue weighted by Gasteiger charge is -2.11. The molecule has 2 rings (SSSR count). The maximum absolute atomic E-state index is 12.3. The lowest BCUT2D eigenvalue weighted by Crippen LogP contribution is -2.23. The summed E-state index contributed by atoms with van der Waals surface area (Å²) in [5, 5.41) is 2.86. The van der Waals surface area contributed by atoms with E-state index in [2.05, 4.69) is 5.32 Å².